The van der Waals surface area contributed by atoms with Crippen LogP contribution in [-0.2, 0) is 0 Å². The van der Waals surface area contributed by atoms with Gasteiger partial charge in [-0.3, -0.25) is 0 Å². The zero-order valence-corrected chi connectivity index (χ0v) is 14.4. The molecule has 6 atom stereocenters. The Morgan fingerprint density at radius 2 is 2.00 bits per heavy atom. The lowest BCUT2D eigenvalue weighted by Crippen LogP contribution is -2.58. The lowest BCUT2D eigenvalue weighted by molar-refractivity contribution is -0.151. The van der Waals surface area contributed by atoms with Crippen LogP contribution in [0.5, 0.6) is 0 Å². The molecule has 0 amide bonds. The van der Waals surface area contributed by atoms with Crippen molar-refractivity contribution in [3.63, 3.8) is 0 Å². The maximum absolute atomic E-state index is 10.9. The Morgan fingerprint density at radius 1 is 1.27 bits per heavy atom. The molecule has 0 spiro atoms. The highest BCUT2D eigenvalue weighted by Gasteiger charge is 2.59. The fraction of sp³-hybridized carbons (Fsp3) is 0.800. The molecule has 3 rings (SSSR count). The van der Waals surface area contributed by atoms with Crippen LogP contribution in [0.3, 0.4) is 0 Å². The van der Waals surface area contributed by atoms with Crippen molar-refractivity contribution in [3.8, 4) is 0 Å². The van der Waals surface area contributed by atoms with E-state index in [1.165, 1.54) is 5.57 Å². The van der Waals surface area contributed by atoms with Crippen LogP contribution < -0.4 is 0 Å². The van der Waals surface area contributed by atoms with E-state index in [-0.39, 0.29) is 29.0 Å². The van der Waals surface area contributed by atoms with Crippen LogP contribution in [0.4, 0.5) is 0 Å². The molecule has 0 aromatic carbocycles. The molecule has 2 fully saturated rings. The highest BCUT2D eigenvalue weighted by Crippen LogP contribution is 2.63. The van der Waals surface area contributed by atoms with Crippen molar-refractivity contribution in [3.05, 3.63) is 24.3 Å². The van der Waals surface area contributed by atoms with Crippen molar-refractivity contribution in [1.29, 1.82) is 0 Å². The molecular weight excluding hydrogens is 272 g/mol. The van der Waals surface area contributed by atoms with Crippen LogP contribution in [0.15, 0.2) is 24.3 Å². The summed E-state index contributed by atoms with van der Waals surface area (Å²) in [5.74, 6) is 0.857. The summed E-state index contributed by atoms with van der Waals surface area (Å²) in [6, 6.07) is 0. The Kier molecular flexibility index (Phi) is 3.85. The zero-order chi connectivity index (χ0) is 16.2. The van der Waals surface area contributed by atoms with Gasteiger partial charge in [0.1, 0.15) is 0 Å². The second kappa shape index (κ2) is 5.21. The fourth-order valence-electron chi connectivity index (χ4n) is 5.84. The molecule has 0 saturated heterocycles. The monoisotopic (exact) mass is 304 g/mol. The molecule has 2 heteroatoms. The molecule has 0 heterocycles. The molecule has 2 nitrogen and oxygen atoms in total. The average molecular weight is 304 g/mol. The molecule has 124 valence electrons. The number of hydrogen-bond acceptors (Lipinski definition) is 2. The van der Waals surface area contributed by atoms with Gasteiger partial charge in [-0.2, -0.15) is 0 Å². The number of allylic oxidation sites excluding steroid dienone is 3. The van der Waals surface area contributed by atoms with E-state index in [1.54, 1.807) is 0 Å². The zero-order valence-electron chi connectivity index (χ0n) is 14.4. The third-order valence-electron chi connectivity index (χ3n) is 7.58. The van der Waals surface area contributed by atoms with Gasteiger partial charge < -0.3 is 10.2 Å². The first-order valence-electron chi connectivity index (χ1n) is 8.90. The van der Waals surface area contributed by atoms with Crippen LogP contribution in [0.1, 0.15) is 59.3 Å². The SMILES string of the molecule is C=C[C@]1(C)CC[C@@H]2C(=CC[C@@H]3[C@@](C)(CO)CC[C@@H](O)[C@@]23C)C1. The first-order valence-corrected chi connectivity index (χ1v) is 8.90. The quantitative estimate of drug-likeness (QED) is 0.755. The number of hydrogen-bond donors (Lipinski definition) is 2. The van der Waals surface area contributed by atoms with Gasteiger partial charge in [0, 0.05) is 12.0 Å². The van der Waals surface area contributed by atoms with Crippen molar-refractivity contribution in [2.24, 2.45) is 28.1 Å². The van der Waals surface area contributed by atoms with Crippen LogP contribution >= 0.6 is 0 Å². The average Bonchev–Trinajstić information content (AvgIpc) is 2.51. The minimum atomic E-state index is -0.237. The summed E-state index contributed by atoms with van der Waals surface area (Å²) < 4.78 is 0. The van der Waals surface area contributed by atoms with Crippen LogP contribution in [-0.4, -0.2) is 22.9 Å². The summed E-state index contributed by atoms with van der Waals surface area (Å²) in [5, 5.41) is 20.9. The Hall–Kier alpha value is -0.600. The van der Waals surface area contributed by atoms with Crippen molar-refractivity contribution >= 4 is 0 Å². The lowest BCUT2D eigenvalue weighted by Gasteiger charge is -2.61. The van der Waals surface area contributed by atoms with Crippen molar-refractivity contribution < 1.29 is 10.2 Å². The first-order chi connectivity index (χ1) is 10.3. The minimum Gasteiger partial charge on any atom is -0.396 e. The Morgan fingerprint density at radius 3 is 2.64 bits per heavy atom. The van der Waals surface area contributed by atoms with Gasteiger partial charge in [0.05, 0.1) is 6.10 Å². The second-order valence-electron chi connectivity index (χ2n) is 8.93. The summed E-state index contributed by atoms with van der Waals surface area (Å²) in [6.07, 6.45) is 10.5. The Balaban J connectivity index is 1.99. The maximum atomic E-state index is 10.9. The number of rotatable bonds is 2. The van der Waals surface area contributed by atoms with Gasteiger partial charge in [-0.1, -0.05) is 38.5 Å². The molecule has 0 unspecified atom stereocenters. The number of aliphatic hydroxyl groups excluding tert-OH is 2. The molecule has 0 aliphatic heterocycles. The van der Waals surface area contributed by atoms with Crippen LogP contribution in [0, 0.1) is 28.1 Å². The Bertz CT molecular complexity index is 496. The highest BCUT2D eigenvalue weighted by atomic mass is 16.3. The summed E-state index contributed by atoms with van der Waals surface area (Å²) in [6.45, 7) is 11.1. The van der Waals surface area contributed by atoms with E-state index in [1.807, 2.05) is 0 Å². The summed E-state index contributed by atoms with van der Waals surface area (Å²) >= 11 is 0. The smallest absolute Gasteiger partial charge is 0.0602 e. The van der Waals surface area contributed by atoms with Crippen molar-refractivity contribution in [1.82, 2.24) is 0 Å². The van der Waals surface area contributed by atoms with Gasteiger partial charge >= 0.3 is 0 Å². The Labute approximate surface area is 135 Å². The number of aliphatic hydroxyl groups is 2. The molecule has 2 N–H and O–H groups in total. The van der Waals surface area contributed by atoms with Gasteiger partial charge in [0.25, 0.3) is 0 Å². The van der Waals surface area contributed by atoms with Crippen LogP contribution in [0.2, 0.25) is 0 Å². The molecule has 22 heavy (non-hydrogen) atoms. The van der Waals surface area contributed by atoms with Crippen molar-refractivity contribution in [2.45, 2.75) is 65.4 Å². The molecular formula is C20H32O2. The molecule has 3 aliphatic rings. The topological polar surface area (TPSA) is 40.5 Å². The molecule has 0 aromatic heterocycles. The van der Waals surface area contributed by atoms with E-state index in [0.717, 1.165) is 38.5 Å². The van der Waals surface area contributed by atoms with Gasteiger partial charge in [-0.05, 0) is 61.2 Å². The summed E-state index contributed by atoms with van der Waals surface area (Å²) in [7, 11) is 0. The molecule has 0 radical (unpaired) electrons. The predicted octanol–water partition coefficient (Wildman–Crippen LogP) is 4.08. The normalized spacial score (nSPS) is 51.5. The predicted molar refractivity (Wildman–Crippen MR) is 90.4 cm³/mol. The molecule has 0 aromatic rings. The van der Waals surface area contributed by atoms with Gasteiger partial charge in [-0.15, -0.1) is 6.58 Å². The minimum absolute atomic E-state index is 0.0464. The van der Waals surface area contributed by atoms with E-state index < -0.39 is 0 Å². The van der Waals surface area contributed by atoms with Crippen molar-refractivity contribution in [2.75, 3.05) is 6.61 Å². The van der Waals surface area contributed by atoms with E-state index in [0.29, 0.717) is 11.8 Å². The van der Waals surface area contributed by atoms with E-state index >= 15 is 0 Å². The number of fused-ring (bicyclic) bond motifs is 3. The van der Waals surface area contributed by atoms with E-state index in [2.05, 4.69) is 39.5 Å². The summed E-state index contributed by atoms with van der Waals surface area (Å²) in [5.41, 5.74) is 1.62. The van der Waals surface area contributed by atoms with Crippen LogP contribution in [0.25, 0.3) is 0 Å². The molecule has 2 saturated carbocycles. The standard InChI is InChI=1S/C20H32O2/c1-5-18(2)10-8-15-14(12-18)6-7-16-19(3,13-21)11-9-17(22)20(15,16)4/h5-6,15-17,21-22H,1,7-13H2,2-4H3/t15-,16-,17-,18-,19-,20+/m1/s1. The lowest BCUT2D eigenvalue weighted by atomic mass is 9.44. The van der Waals surface area contributed by atoms with E-state index in [9.17, 15) is 10.2 Å². The molecule has 0 bridgehead atoms. The van der Waals surface area contributed by atoms with Gasteiger partial charge in [0.15, 0.2) is 0 Å². The first kappa shape index (κ1) is 16.3. The van der Waals surface area contributed by atoms with Gasteiger partial charge in [0.2, 0.25) is 0 Å². The second-order valence-corrected chi connectivity index (χ2v) is 8.93. The third-order valence-corrected chi connectivity index (χ3v) is 7.58. The van der Waals surface area contributed by atoms with Gasteiger partial charge in [-0.25, -0.2) is 0 Å². The summed E-state index contributed by atoms with van der Waals surface area (Å²) in [4.78, 5) is 0. The fourth-order valence-corrected chi connectivity index (χ4v) is 5.84. The highest BCUT2D eigenvalue weighted by molar-refractivity contribution is 5.26. The molecule has 3 aliphatic carbocycles. The largest absolute Gasteiger partial charge is 0.396 e. The maximum Gasteiger partial charge on any atom is 0.0602 e. The third kappa shape index (κ3) is 2.14. The van der Waals surface area contributed by atoms with E-state index in [4.69, 9.17) is 0 Å².